The molecule has 7 nitrogen and oxygen atoms in total. The maximum absolute atomic E-state index is 12.3. The molecule has 0 radical (unpaired) electrons. The van der Waals surface area contributed by atoms with Crippen molar-refractivity contribution < 1.29 is 27.8 Å². The third-order valence-corrected chi connectivity index (χ3v) is 4.47. The van der Waals surface area contributed by atoms with Gasteiger partial charge in [-0.2, -0.15) is 0 Å². The predicted molar refractivity (Wildman–Crippen MR) is 76.2 cm³/mol. The Labute approximate surface area is 123 Å². The Kier molecular flexibility index (Phi) is 5.98. The average molecular weight is 317 g/mol. The van der Waals surface area contributed by atoms with E-state index in [1.54, 1.807) is 13.0 Å². The molecule has 0 aliphatic rings. The van der Waals surface area contributed by atoms with Gasteiger partial charge in [0.1, 0.15) is 16.4 Å². The smallest absolute Gasteiger partial charge is 0.307 e. The lowest BCUT2D eigenvalue weighted by atomic mass is 10.1. The van der Waals surface area contributed by atoms with Gasteiger partial charge in [-0.25, -0.2) is 13.1 Å². The molecule has 1 aromatic rings. The molecular formula is C13H19NO6S. The van der Waals surface area contributed by atoms with E-state index in [-0.39, 0.29) is 17.2 Å². The second-order valence-corrected chi connectivity index (χ2v) is 6.05. The van der Waals surface area contributed by atoms with E-state index in [1.807, 2.05) is 0 Å². The molecule has 21 heavy (non-hydrogen) atoms. The van der Waals surface area contributed by atoms with Crippen LogP contribution >= 0.6 is 0 Å². The van der Waals surface area contributed by atoms with Gasteiger partial charge in [-0.15, -0.1) is 0 Å². The fourth-order valence-corrected chi connectivity index (χ4v) is 2.95. The lowest BCUT2D eigenvalue weighted by Gasteiger charge is -2.14. The van der Waals surface area contributed by atoms with E-state index in [1.165, 1.54) is 26.4 Å². The molecule has 118 valence electrons. The highest BCUT2D eigenvalue weighted by Gasteiger charge is 2.23. The van der Waals surface area contributed by atoms with Gasteiger partial charge in [0.25, 0.3) is 0 Å². The minimum atomic E-state index is -3.89. The first kappa shape index (κ1) is 17.3. The zero-order valence-electron chi connectivity index (χ0n) is 12.1. The van der Waals surface area contributed by atoms with Gasteiger partial charge in [0.2, 0.25) is 10.0 Å². The van der Waals surface area contributed by atoms with Gasteiger partial charge in [-0.05, 0) is 18.6 Å². The van der Waals surface area contributed by atoms with Gasteiger partial charge >= 0.3 is 5.97 Å². The molecule has 0 heterocycles. The standard InChI is InChI=1S/C13H19NO6S/c1-4-9(13(15)16)8-14-21(17,18)12-7-10(19-2)5-6-11(12)20-3/h5-7,9,14H,4,8H2,1-3H3,(H,15,16). The van der Waals surface area contributed by atoms with Crippen molar-refractivity contribution >= 4 is 16.0 Å². The third kappa shape index (κ3) is 4.33. The van der Waals surface area contributed by atoms with Crippen LogP contribution in [-0.2, 0) is 14.8 Å². The molecule has 0 amide bonds. The lowest BCUT2D eigenvalue weighted by molar-refractivity contribution is -0.141. The highest BCUT2D eigenvalue weighted by molar-refractivity contribution is 7.89. The number of hydrogen-bond acceptors (Lipinski definition) is 5. The number of rotatable bonds is 8. The zero-order chi connectivity index (χ0) is 16.0. The summed E-state index contributed by atoms with van der Waals surface area (Å²) in [4.78, 5) is 10.8. The molecule has 1 unspecified atom stereocenters. The van der Waals surface area contributed by atoms with Crippen molar-refractivity contribution in [2.45, 2.75) is 18.2 Å². The summed E-state index contributed by atoms with van der Waals surface area (Å²) in [5, 5.41) is 8.94. The van der Waals surface area contributed by atoms with Gasteiger partial charge < -0.3 is 14.6 Å². The highest BCUT2D eigenvalue weighted by atomic mass is 32.2. The Balaban J connectivity index is 3.04. The molecule has 0 spiro atoms. The number of carboxylic acid groups (broad SMARTS) is 1. The van der Waals surface area contributed by atoms with Crippen molar-refractivity contribution in [1.82, 2.24) is 4.72 Å². The third-order valence-electron chi connectivity index (χ3n) is 3.02. The van der Waals surface area contributed by atoms with Crippen LogP contribution in [0.2, 0.25) is 0 Å². The Morgan fingerprint density at radius 3 is 2.48 bits per heavy atom. The number of sulfonamides is 1. The summed E-state index contributed by atoms with van der Waals surface area (Å²) in [6, 6.07) is 4.37. The Morgan fingerprint density at radius 1 is 1.33 bits per heavy atom. The maximum atomic E-state index is 12.3. The number of aliphatic carboxylic acids is 1. The van der Waals surface area contributed by atoms with Crippen LogP contribution < -0.4 is 14.2 Å². The first-order valence-electron chi connectivity index (χ1n) is 6.30. The lowest BCUT2D eigenvalue weighted by Crippen LogP contribution is -2.32. The van der Waals surface area contributed by atoms with Gasteiger partial charge in [-0.3, -0.25) is 4.79 Å². The number of methoxy groups -OCH3 is 2. The minimum Gasteiger partial charge on any atom is -0.497 e. The van der Waals surface area contributed by atoms with Crippen molar-refractivity contribution in [2.75, 3.05) is 20.8 Å². The second kappa shape index (κ2) is 7.28. The Bertz CT molecular complexity index is 599. The SMILES string of the molecule is CCC(CNS(=O)(=O)c1cc(OC)ccc1OC)C(=O)O. The summed E-state index contributed by atoms with van der Waals surface area (Å²) in [5.74, 6) is -1.30. The zero-order valence-corrected chi connectivity index (χ0v) is 12.9. The predicted octanol–water partition coefficient (Wildman–Crippen LogP) is 1.09. The fraction of sp³-hybridized carbons (Fsp3) is 0.462. The molecule has 0 aliphatic carbocycles. The summed E-state index contributed by atoms with van der Waals surface area (Å²) in [6.07, 6.45) is 0.326. The first-order valence-corrected chi connectivity index (χ1v) is 7.78. The van der Waals surface area contributed by atoms with E-state index < -0.39 is 21.9 Å². The summed E-state index contributed by atoms with van der Waals surface area (Å²) in [5.41, 5.74) is 0. The monoisotopic (exact) mass is 317 g/mol. The van der Waals surface area contributed by atoms with Crippen molar-refractivity contribution in [3.8, 4) is 11.5 Å². The average Bonchev–Trinajstić information content (AvgIpc) is 2.46. The van der Waals surface area contributed by atoms with Crippen LogP contribution in [0.25, 0.3) is 0 Å². The number of hydrogen-bond donors (Lipinski definition) is 2. The quantitative estimate of drug-likeness (QED) is 0.744. The molecule has 8 heteroatoms. The van der Waals surface area contributed by atoms with Crippen molar-refractivity contribution in [2.24, 2.45) is 5.92 Å². The van der Waals surface area contributed by atoms with Crippen LogP contribution in [0, 0.1) is 5.92 Å². The van der Waals surface area contributed by atoms with Crippen molar-refractivity contribution in [3.63, 3.8) is 0 Å². The molecule has 0 saturated heterocycles. The summed E-state index contributed by atoms with van der Waals surface area (Å²) >= 11 is 0. The molecular weight excluding hydrogens is 298 g/mol. The molecule has 2 N–H and O–H groups in total. The Hall–Kier alpha value is -1.80. The summed E-state index contributed by atoms with van der Waals surface area (Å²) in [7, 11) is -1.12. The van der Waals surface area contributed by atoms with Crippen LogP contribution in [0.1, 0.15) is 13.3 Å². The summed E-state index contributed by atoms with van der Waals surface area (Å²) < 4.78 is 36.9. The minimum absolute atomic E-state index is 0.0930. The maximum Gasteiger partial charge on any atom is 0.307 e. The van der Waals surface area contributed by atoms with Crippen LogP contribution in [0.3, 0.4) is 0 Å². The molecule has 0 bridgehead atoms. The van der Waals surface area contributed by atoms with Gasteiger partial charge in [0.05, 0.1) is 20.1 Å². The molecule has 0 aromatic heterocycles. The number of nitrogens with one attached hydrogen (secondary N) is 1. The number of carbonyl (C=O) groups is 1. The second-order valence-electron chi connectivity index (χ2n) is 4.31. The van der Waals surface area contributed by atoms with Crippen LogP contribution in [0.4, 0.5) is 0 Å². The van der Waals surface area contributed by atoms with Gasteiger partial charge in [0, 0.05) is 12.6 Å². The topological polar surface area (TPSA) is 102 Å². The van der Waals surface area contributed by atoms with Gasteiger partial charge in [-0.1, -0.05) is 6.92 Å². The molecule has 1 aromatic carbocycles. The van der Waals surface area contributed by atoms with E-state index in [0.717, 1.165) is 0 Å². The number of carboxylic acids is 1. The van der Waals surface area contributed by atoms with Crippen molar-refractivity contribution in [3.05, 3.63) is 18.2 Å². The largest absolute Gasteiger partial charge is 0.497 e. The number of ether oxygens (including phenoxy) is 2. The number of benzene rings is 1. The first-order chi connectivity index (χ1) is 9.85. The van der Waals surface area contributed by atoms with Gasteiger partial charge in [0.15, 0.2) is 0 Å². The van der Waals surface area contributed by atoms with E-state index in [2.05, 4.69) is 4.72 Å². The normalized spacial score (nSPS) is 12.7. The molecule has 1 atom stereocenters. The van der Waals surface area contributed by atoms with Crippen LogP contribution in [-0.4, -0.2) is 40.3 Å². The van der Waals surface area contributed by atoms with E-state index >= 15 is 0 Å². The van der Waals surface area contributed by atoms with E-state index in [9.17, 15) is 13.2 Å². The van der Waals surface area contributed by atoms with E-state index in [0.29, 0.717) is 12.2 Å². The van der Waals surface area contributed by atoms with Crippen LogP contribution in [0.15, 0.2) is 23.1 Å². The molecule has 0 saturated carbocycles. The van der Waals surface area contributed by atoms with Crippen molar-refractivity contribution in [1.29, 1.82) is 0 Å². The van der Waals surface area contributed by atoms with Crippen LogP contribution in [0.5, 0.6) is 11.5 Å². The summed E-state index contributed by atoms with van der Waals surface area (Å²) in [6.45, 7) is 1.49. The molecule has 1 rings (SSSR count). The molecule has 0 fully saturated rings. The van der Waals surface area contributed by atoms with E-state index in [4.69, 9.17) is 14.6 Å². The fourth-order valence-electron chi connectivity index (χ4n) is 1.69. The highest BCUT2D eigenvalue weighted by Crippen LogP contribution is 2.28. The molecule has 0 aliphatic heterocycles. The Morgan fingerprint density at radius 2 is 2.00 bits per heavy atom.